The topological polar surface area (TPSA) is 86.7 Å². The summed E-state index contributed by atoms with van der Waals surface area (Å²) in [7, 11) is 2.96. The summed E-state index contributed by atoms with van der Waals surface area (Å²) < 4.78 is 0. The number of amides is 2. The van der Waals surface area contributed by atoms with Gasteiger partial charge in [0.1, 0.15) is 4.88 Å². The molecule has 0 bridgehead atoms. The molecule has 0 aliphatic rings. The molecule has 1 heterocycles. The van der Waals surface area contributed by atoms with Crippen LogP contribution in [0.1, 0.15) is 19.3 Å². The Kier molecular flexibility index (Phi) is 4.22. The van der Waals surface area contributed by atoms with Crippen molar-refractivity contribution < 1.29 is 19.5 Å². The van der Waals surface area contributed by atoms with Crippen LogP contribution in [0.15, 0.2) is 12.1 Å². The maximum atomic E-state index is 11.8. The lowest BCUT2D eigenvalue weighted by molar-refractivity contribution is -0.121. The van der Waals surface area contributed by atoms with Crippen LogP contribution in [-0.4, -0.2) is 48.4 Å². The van der Waals surface area contributed by atoms with Gasteiger partial charge < -0.3 is 15.3 Å². The number of hydrogen-bond donors (Lipinski definition) is 2. The molecule has 1 rings (SSSR count). The van der Waals surface area contributed by atoms with Crippen molar-refractivity contribution in [3.05, 3.63) is 21.9 Å². The number of nitrogens with zero attached hydrogens (tertiary/aromatic N) is 1. The van der Waals surface area contributed by atoms with E-state index < -0.39 is 5.97 Å². The average Bonchev–Trinajstić information content (AvgIpc) is 2.77. The molecule has 0 aliphatic heterocycles. The van der Waals surface area contributed by atoms with Gasteiger partial charge in [-0.1, -0.05) is 0 Å². The highest BCUT2D eigenvalue weighted by atomic mass is 32.1. The number of carboxylic acids is 1. The zero-order chi connectivity index (χ0) is 13.0. The molecule has 0 atom stereocenters. The molecule has 0 saturated carbocycles. The van der Waals surface area contributed by atoms with Gasteiger partial charge in [-0.05, 0) is 12.1 Å². The summed E-state index contributed by atoms with van der Waals surface area (Å²) in [5.41, 5.74) is 0. The molecule has 0 radical (unpaired) electrons. The van der Waals surface area contributed by atoms with Crippen LogP contribution in [0.25, 0.3) is 0 Å². The highest BCUT2D eigenvalue weighted by Crippen LogP contribution is 2.17. The van der Waals surface area contributed by atoms with E-state index in [-0.39, 0.29) is 23.2 Å². The molecule has 7 heteroatoms. The molecule has 0 aliphatic carbocycles. The van der Waals surface area contributed by atoms with Gasteiger partial charge in [-0.25, -0.2) is 4.79 Å². The maximum absolute atomic E-state index is 11.8. The third-order valence-corrected chi connectivity index (χ3v) is 3.10. The SMILES string of the molecule is CNC(=O)CN(C)C(=O)c1ccc(C(=O)O)s1. The Labute approximate surface area is 102 Å². The van der Waals surface area contributed by atoms with Crippen LogP contribution in [0, 0.1) is 0 Å². The van der Waals surface area contributed by atoms with Crippen LogP contribution in [0.2, 0.25) is 0 Å². The first-order valence-electron chi connectivity index (χ1n) is 4.75. The fourth-order valence-electron chi connectivity index (χ4n) is 1.12. The molecule has 0 spiro atoms. The molecule has 1 aromatic rings. The lowest BCUT2D eigenvalue weighted by atomic mass is 10.4. The molecule has 2 N–H and O–H groups in total. The van der Waals surface area contributed by atoms with Gasteiger partial charge in [0.25, 0.3) is 5.91 Å². The lowest BCUT2D eigenvalue weighted by Crippen LogP contribution is -2.36. The van der Waals surface area contributed by atoms with E-state index in [0.29, 0.717) is 4.88 Å². The maximum Gasteiger partial charge on any atom is 0.345 e. The van der Waals surface area contributed by atoms with Crippen LogP contribution in [0.3, 0.4) is 0 Å². The second-order valence-corrected chi connectivity index (χ2v) is 4.39. The van der Waals surface area contributed by atoms with E-state index >= 15 is 0 Å². The number of carboxylic acid groups (broad SMARTS) is 1. The zero-order valence-electron chi connectivity index (χ0n) is 9.39. The standard InChI is InChI=1S/C10H12N2O4S/c1-11-8(13)5-12(2)9(14)6-3-4-7(17-6)10(15)16/h3-4H,5H2,1-2H3,(H,11,13)(H,15,16). The number of thiophene rings is 1. The van der Waals surface area contributed by atoms with Gasteiger partial charge >= 0.3 is 5.97 Å². The minimum absolute atomic E-state index is 0.0599. The summed E-state index contributed by atoms with van der Waals surface area (Å²) in [4.78, 5) is 35.2. The minimum atomic E-state index is -1.07. The van der Waals surface area contributed by atoms with Gasteiger partial charge in [-0.2, -0.15) is 0 Å². The molecule has 0 fully saturated rings. The summed E-state index contributed by atoms with van der Waals surface area (Å²) in [6, 6.07) is 2.81. The largest absolute Gasteiger partial charge is 0.477 e. The van der Waals surface area contributed by atoms with Crippen LogP contribution in [-0.2, 0) is 4.79 Å². The second kappa shape index (κ2) is 5.44. The Balaban J connectivity index is 2.74. The van der Waals surface area contributed by atoms with Gasteiger partial charge in [0.05, 0.1) is 11.4 Å². The molecule has 0 unspecified atom stereocenters. The Morgan fingerprint density at radius 1 is 1.35 bits per heavy atom. The first-order valence-corrected chi connectivity index (χ1v) is 5.56. The van der Waals surface area contributed by atoms with Gasteiger partial charge in [0.2, 0.25) is 5.91 Å². The van der Waals surface area contributed by atoms with Gasteiger partial charge in [0, 0.05) is 14.1 Å². The van der Waals surface area contributed by atoms with Crippen LogP contribution in [0.5, 0.6) is 0 Å². The van der Waals surface area contributed by atoms with E-state index in [2.05, 4.69) is 5.32 Å². The third-order valence-electron chi connectivity index (χ3n) is 2.03. The van der Waals surface area contributed by atoms with E-state index in [9.17, 15) is 14.4 Å². The van der Waals surface area contributed by atoms with E-state index in [1.165, 1.54) is 31.1 Å². The molecule has 6 nitrogen and oxygen atoms in total. The van der Waals surface area contributed by atoms with E-state index in [0.717, 1.165) is 11.3 Å². The Hall–Kier alpha value is -1.89. The van der Waals surface area contributed by atoms with Crippen molar-refractivity contribution in [2.75, 3.05) is 20.6 Å². The highest BCUT2D eigenvalue weighted by molar-refractivity contribution is 7.15. The predicted molar refractivity (Wildman–Crippen MR) is 62.3 cm³/mol. The third kappa shape index (κ3) is 3.28. The van der Waals surface area contributed by atoms with Crippen molar-refractivity contribution in [1.82, 2.24) is 10.2 Å². The normalized spacial score (nSPS) is 9.76. The first-order chi connectivity index (χ1) is 7.95. The second-order valence-electron chi connectivity index (χ2n) is 3.30. The lowest BCUT2D eigenvalue weighted by Gasteiger charge is -2.14. The molecule has 0 saturated heterocycles. The van der Waals surface area contributed by atoms with E-state index in [4.69, 9.17) is 5.11 Å². The van der Waals surface area contributed by atoms with Crippen LogP contribution in [0.4, 0.5) is 0 Å². The zero-order valence-corrected chi connectivity index (χ0v) is 10.2. The number of hydrogen-bond acceptors (Lipinski definition) is 4. The summed E-state index contributed by atoms with van der Waals surface area (Å²) in [6.07, 6.45) is 0. The fourth-order valence-corrected chi connectivity index (χ4v) is 1.96. The Bertz CT molecular complexity index is 455. The molecule has 1 aromatic heterocycles. The molecule has 92 valence electrons. The number of carbonyl (C=O) groups excluding carboxylic acids is 2. The van der Waals surface area contributed by atoms with Gasteiger partial charge in [-0.15, -0.1) is 11.3 Å². The molecule has 0 aromatic carbocycles. The average molecular weight is 256 g/mol. The van der Waals surface area contributed by atoms with Crippen molar-refractivity contribution in [3.63, 3.8) is 0 Å². The minimum Gasteiger partial charge on any atom is -0.477 e. The van der Waals surface area contributed by atoms with Crippen molar-refractivity contribution in [1.29, 1.82) is 0 Å². The quantitative estimate of drug-likeness (QED) is 0.809. The van der Waals surface area contributed by atoms with Crippen molar-refractivity contribution in [2.45, 2.75) is 0 Å². The smallest absolute Gasteiger partial charge is 0.345 e. The Morgan fingerprint density at radius 2 is 1.94 bits per heavy atom. The Morgan fingerprint density at radius 3 is 2.41 bits per heavy atom. The summed E-state index contributed by atoms with van der Waals surface area (Å²) >= 11 is 0.890. The van der Waals surface area contributed by atoms with E-state index in [1.807, 2.05) is 0 Å². The molecular formula is C10H12N2O4S. The fraction of sp³-hybridized carbons (Fsp3) is 0.300. The van der Waals surface area contributed by atoms with Crippen molar-refractivity contribution in [3.8, 4) is 0 Å². The highest BCUT2D eigenvalue weighted by Gasteiger charge is 2.17. The van der Waals surface area contributed by atoms with Crippen molar-refractivity contribution >= 4 is 29.1 Å². The first kappa shape index (κ1) is 13.2. The number of nitrogens with one attached hydrogen (secondary N) is 1. The molecular weight excluding hydrogens is 244 g/mol. The van der Waals surface area contributed by atoms with Gasteiger partial charge in [0.15, 0.2) is 0 Å². The summed E-state index contributed by atoms with van der Waals surface area (Å²) in [5.74, 6) is -1.72. The molecule has 2 amide bonds. The van der Waals surface area contributed by atoms with Crippen LogP contribution >= 0.6 is 11.3 Å². The number of likely N-dealkylation sites (N-methyl/N-ethyl adjacent to an activating group) is 2. The predicted octanol–water partition coefficient (Wildman–Crippen LogP) is 0.264. The monoisotopic (exact) mass is 256 g/mol. The number of carbonyl (C=O) groups is 3. The van der Waals surface area contributed by atoms with Crippen molar-refractivity contribution in [2.24, 2.45) is 0 Å². The van der Waals surface area contributed by atoms with Gasteiger partial charge in [-0.3, -0.25) is 9.59 Å². The molecule has 17 heavy (non-hydrogen) atoms. The van der Waals surface area contributed by atoms with E-state index in [1.54, 1.807) is 0 Å². The number of rotatable bonds is 4. The number of aromatic carboxylic acids is 1. The summed E-state index contributed by atoms with van der Waals surface area (Å²) in [6.45, 7) is -0.0599. The van der Waals surface area contributed by atoms with Crippen LogP contribution < -0.4 is 5.32 Å². The summed E-state index contributed by atoms with van der Waals surface area (Å²) in [5, 5.41) is 11.1.